The maximum atomic E-state index is 12.3. The van der Waals surface area contributed by atoms with Gasteiger partial charge in [-0.05, 0) is 18.4 Å². The standard InChI is InChI=1S/C12H12ClN3O3/c1-7(2)5-9-11(13)14-10-4-3-8(16(18)19)6-15(10)12(9)17/h3-4,6-7H,5H2,1-2H3. The van der Waals surface area contributed by atoms with Gasteiger partial charge in [0.1, 0.15) is 10.8 Å². The number of fused-ring (bicyclic) bond motifs is 1. The predicted octanol–water partition coefficient (Wildman–Crippen LogP) is 2.45. The second-order valence-electron chi connectivity index (χ2n) is 4.66. The Labute approximate surface area is 113 Å². The van der Waals surface area contributed by atoms with Crippen molar-refractivity contribution in [3.63, 3.8) is 0 Å². The van der Waals surface area contributed by atoms with Gasteiger partial charge in [-0.1, -0.05) is 25.4 Å². The van der Waals surface area contributed by atoms with E-state index in [-0.39, 0.29) is 22.3 Å². The first kappa shape index (κ1) is 13.5. The van der Waals surface area contributed by atoms with Crippen LogP contribution < -0.4 is 5.56 Å². The lowest BCUT2D eigenvalue weighted by Crippen LogP contribution is -2.21. The molecule has 2 rings (SSSR count). The molecule has 2 aromatic heterocycles. The molecule has 0 radical (unpaired) electrons. The molecule has 2 aromatic rings. The molecule has 100 valence electrons. The van der Waals surface area contributed by atoms with Crippen LogP contribution >= 0.6 is 11.6 Å². The van der Waals surface area contributed by atoms with Gasteiger partial charge in [0.15, 0.2) is 0 Å². The minimum atomic E-state index is -0.553. The highest BCUT2D eigenvalue weighted by Crippen LogP contribution is 2.17. The van der Waals surface area contributed by atoms with Gasteiger partial charge in [-0.3, -0.25) is 19.3 Å². The Bertz CT molecular complexity index is 709. The summed E-state index contributed by atoms with van der Waals surface area (Å²) in [7, 11) is 0. The molecule has 0 saturated carbocycles. The molecule has 0 aliphatic carbocycles. The molecule has 19 heavy (non-hydrogen) atoms. The number of rotatable bonds is 3. The van der Waals surface area contributed by atoms with Crippen LogP contribution in [-0.2, 0) is 6.42 Å². The largest absolute Gasteiger partial charge is 0.286 e. The fourth-order valence-electron chi connectivity index (χ4n) is 1.82. The summed E-state index contributed by atoms with van der Waals surface area (Å²) in [5.41, 5.74) is 0.171. The van der Waals surface area contributed by atoms with Crippen molar-refractivity contribution in [3.05, 3.63) is 49.5 Å². The van der Waals surface area contributed by atoms with Gasteiger partial charge >= 0.3 is 0 Å². The molecule has 0 saturated heterocycles. The van der Waals surface area contributed by atoms with Crippen molar-refractivity contribution in [1.29, 1.82) is 0 Å². The van der Waals surface area contributed by atoms with Crippen molar-refractivity contribution < 1.29 is 4.92 Å². The van der Waals surface area contributed by atoms with Crippen LogP contribution in [0.15, 0.2) is 23.1 Å². The second kappa shape index (κ2) is 4.97. The Kier molecular flexibility index (Phi) is 3.53. The van der Waals surface area contributed by atoms with Crippen LogP contribution in [0.25, 0.3) is 5.65 Å². The van der Waals surface area contributed by atoms with Crippen molar-refractivity contribution in [1.82, 2.24) is 9.38 Å². The maximum Gasteiger partial charge on any atom is 0.286 e. The van der Waals surface area contributed by atoms with Crippen LogP contribution in [0.4, 0.5) is 5.69 Å². The van der Waals surface area contributed by atoms with Gasteiger partial charge in [0.2, 0.25) is 0 Å². The lowest BCUT2D eigenvalue weighted by atomic mass is 10.1. The number of aromatic nitrogens is 2. The number of nitro groups is 1. The average molecular weight is 282 g/mol. The van der Waals surface area contributed by atoms with E-state index in [1.165, 1.54) is 22.7 Å². The lowest BCUT2D eigenvalue weighted by molar-refractivity contribution is -0.385. The zero-order chi connectivity index (χ0) is 14.2. The first-order chi connectivity index (χ1) is 8.90. The summed E-state index contributed by atoms with van der Waals surface area (Å²) in [6.45, 7) is 3.91. The van der Waals surface area contributed by atoms with E-state index in [9.17, 15) is 14.9 Å². The molecule has 0 amide bonds. The van der Waals surface area contributed by atoms with Gasteiger partial charge in [0.25, 0.3) is 11.2 Å². The van der Waals surface area contributed by atoms with Gasteiger partial charge in [0.05, 0.1) is 16.7 Å². The topological polar surface area (TPSA) is 77.5 Å². The summed E-state index contributed by atoms with van der Waals surface area (Å²) in [6.07, 6.45) is 1.65. The Balaban J connectivity index is 2.73. The Hall–Kier alpha value is -1.95. The quantitative estimate of drug-likeness (QED) is 0.492. The molecule has 0 aliphatic heterocycles. The lowest BCUT2D eigenvalue weighted by Gasteiger charge is -2.08. The molecule has 0 fully saturated rings. The van der Waals surface area contributed by atoms with Crippen molar-refractivity contribution in [2.75, 3.05) is 0 Å². The van der Waals surface area contributed by atoms with Gasteiger partial charge in [0, 0.05) is 6.07 Å². The SMILES string of the molecule is CC(C)Cc1c(Cl)nc2ccc([N+](=O)[O-])cn2c1=O. The van der Waals surface area contributed by atoms with E-state index in [4.69, 9.17) is 11.6 Å². The van der Waals surface area contributed by atoms with Crippen molar-refractivity contribution in [3.8, 4) is 0 Å². The van der Waals surface area contributed by atoms with E-state index in [1.807, 2.05) is 13.8 Å². The molecule has 0 spiro atoms. The van der Waals surface area contributed by atoms with Gasteiger partial charge in [-0.25, -0.2) is 4.98 Å². The average Bonchev–Trinajstić information content (AvgIpc) is 2.33. The van der Waals surface area contributed by atoms with E-state index in [2.05, 4.69) is 4.98 Å². The normalized spacial score (nSPS) is 11.2. The van der Waals surface area contributed by atoms with Crippen LogP contribution in [0.5, 0.6) is 0 Å². The van der Waals surface area contributed by atoms with Crippen molar-refractivity contribution >= 4 is 22.9 Å². The third-order valence-corrected chi connectivity index (χ3v) is 2.99. The molecular weight excluding hydrogens is 270 g/mol. The second-order valence-corrected chi connectivity index (χ2v) is 5.01. The molecule has 6 nitrogen and oxygen atoms in total. The van der Waals surface area contributed by atoms with Crippen molar-refractivity contribution in [2.24, 2.45) is 5.92 Å². The number of hydrogen-bond donors (Lipinski definition) is 0. The number of hydrogen-bond acceptors (Lipinski definition) is 4. The van der Waals surface area contributed by atoms with E-state index in [1.54, 1.807) is 0 Å². The maximum absolute atomic E-state index is 12.3. The van der Waals surface area contributed by atoms with Crippen LogP contribution in [0, 0.1) is 16.0 Å². The summed E-state index contributed by atoms with van der Waals surface area (Å²) in [6, 6.07) is 2.70. The van der Waals surface area contributed by atoms with E-state index >= 15 is 0 Å². The summed E-state index contributed by atoms with van der Waals surface area (Å²) < 4.78 is 1.17. The zero-order valence-electron chi connectivity index (χ0n) is 10.5. The molecular formula is C12H12ClN3O3. The van der Waals surface area contributed by atoms with Gasteiger partial charge in [-0.2, -0.15) is 0 Å². The van der Waals surface area contributed by atoms with Gasteiger partial charge < -0.3 is 0 Å². The molecule has 0 aliphatic rings. The van der Waals surface area contributed by atoms with E-state index < -0.39 is 4.92 Å². The van der Waals surface area contributed by atoms with Crippen LogP contribution in [0.2, 0.25) is 5.15 Å². The Morgan fingerprint density at radius 3 is 2.74 bits per heavy atom. The molecule has 7 heteroatoms. The number of halogens is 1. The Morgan fingerprint density at radius 1 is 1.47 bits per heavy atom. The highest BCUT2D eigenvalue weighted by molar-refractivity contribution is 6.30. The molecule has 0 bridgehead atoms. The van der Waals surface area contributed by atoms with E-state index in [0.29, 0.717) is 17.6 Å². The van der Waals surface area contributed by atoms with E-state index in [0.717, 1.165) is 0 Å². The highest BCUT2D eigenvalue weighted by atomic mass is 35.5. The van der Waals surface area contributed by atoms with Crippen LogP contribution in [0.3, 0.4) is 0 Å². The van der Waals surface area contributed by atoms with Gasteiger partial charge in [-0.15, -0.1) is 0 Å². The third-order valence-electron chi connectivity index (χ3n) is 2.67. The summed E-state index contributed by atoms with van der Waals surface area (Å²) in [5, 5.41) is 10.9. The molecule has 0 atom stereocenters. The minimum absolute atomic E-state index is 0.158. The fourth-order valence-corrected chi connectivity index (χ4v) is 2.07. The monoisotopic (exact) mass is 281 g/mol. The predicted molar refractivity (Wildman–Crippen MR) is 71.7 cm³/mol. The molecule has 2 heterocycles. The zero-order valence-corrected chi connectivity index (χ0v) is 11.2. The molecule has 0 N–H and O–H groups in total. The molecule has 0 unspecified atom stereocenters. The number of pyridine rings is 1. The third kappa shape index (κ3) is 2.58. The molecule has 0 aromatic carbocycles. The fraction of sp³-hybridized carbons (Fsp3) is 0.333. The first-order valence-electron chi connectivity index (χ1n) is 5.75. The van der Waals surface area contributed by atoms with Crippen molar-refractivity contribution in [2.45, 2.75) is 20.3 Å². The number of nitrogens with zero attached hydrogens (tertiary/aromatic N) is 3. The minimum Gasteiger partial charge on any atom is -0.269 e. The smallest absolute Gasteiger partial charge is 0.269 e. The van der Waals surface area contributed by atoms with Crippen LogP contribution in [-0.4, -0.2) is 14.3 Å². The first-order valence-corrected chi connectivity index (χ1v) is 6.13. The Morgan fingerprint density at radius 2 is 2.16 bits per heavy atom. The highest BCUT2D eigenvalue weighted by Gasteiger charge is 2.15. The summed E-state index contributed by atoms with van der Waals surface area (Å²) in [5.74, 6) is 0.240. The summed E-state index contributed by atoms with van der Waals surface area (Å²) in [4.78, 5) is 26.5. The van der Waals surface area contributed by atoms with Crippen LogP contribution in [0.1, 0.15) is 19.4 Å². The summed E-state index contributed by atoms with van der Waals surface area (Å²) >= 11 is 6.00.